The molecule has 4 nitrogen and oxygen atoms in total. The second-order valence-electron chi connectivity index (χ2n) is 2.09. The Balaban J connectivity index is 2.69. The monoisotopic (exact) mass is 254 g/mol. The molecule has 0 saturated heterocycles. The number of rotatable bonds is 3. The molecule has 0 spiro atoms. The van der Waals surface area contributed by atoms with Gasteiger partial charge in [-0.2, -0.15) is 8.78 Å². The molecule has 0 saturated carbocycles. The fourth-order valence-corrected chi connectivity index (χ4v) is 0.763. The number of aliphatic hydroxyl groups is 1. The molecule has 0 amide bonds. The minimum atomic E-state index is -3.60. The predicted octanol–water partition coefficient (Wildman–Crippen LogP) is 1.20. The van der Waals surface area contributed by atoms with Crippen molar-refractivity contribution in [2.45, 2.75) is 6.11 Å². The molecule has 0 aromatic carbocycles. The van der Waals surface area contributed by atoms with Gasteiger partial charge in [-0.25, -0.2) is 9.97 Å². The Hall–Kier alpha value is -0.820. The highest BCUT2D eigenvalue weighted by Crippen LogP contribution is 2.19. The predicted molar refractivity (Wildman–Crippen MR) is 42.4 cm³/mol. The molecular weight excluding hydrogens is 250 g/mol. The summed E-state index contributed by atoms with van der Waals surface area (Å²) in [5.74, 6) is -0.206. The summed E-state index contributed by atoms with van der Waals surface area (Å²) < 4.78 is 29.1. The second-order valence-corrected chi connectivity index (χ2v) is 2.79. The van der Waals surface area contributed by atoms with Crippen LogP contribution in [0.5, 0.6) is 5.75 Å². The number of alkyl halides is 2. The summed E-state index contributed by atoms with van der Waals surface area (Å²) in [6.45, 7) is -1.39. The van der Waals surface area contributed by atoms with Crippen molar-refractivity contribution in [2.75, 3.05) is 6.61 Å². The van der Waals surface area contributed by atoms with E-state index in [1.165, 1.54) is 0 Å². The third-order valence-corrected chi connectivity index (χ3v) is 1.46. The van der Waals surface area contributed by atoms with Crippen LogP contribution in [0.4, 0.5) is 8.78 Å². The highest BCUT2D eigenvalue weighted by molar-refractivity contribution is 9.10. The SMILES string of the molecule is OCC(F)(F)Oc1cnc(Br)nc1. The van der Waals surface area contributed by atoms with Crippen LogP contribution in [0.2, 0.25) is 0 Å². The van der Waals surface area contributed by atoms with Crippen LogP contribution in [0.3, 0.4) is 0 Å². The minimum Gasteiger partial charge on any atom is -0.428 e. The van der Waals surface area contributed by atoms with Crippen LogP contribution in [0.1, 0.15) is 0 Å². The molecule has 1 N–H and O–H groups in total. The van der Waals surface area contributed by atoms with Gasteiger partial charge < -0.3 is 9.84 Å². The molecular formula is C6H5BrF2N2O2. The van der Waals surface area contributed by atoms with Crippen molar-refractivity contribution in [2.24, 2.45) is 0 Å². The van der Waals surface area contributed by atoms with E-state index < -0.39 is 12.7 Å². The Morgan fingerprint density at radius 3 is 2.46 bits per heavy atom. The van der Waals surface area contributed by atoms with Crippen molar-refractivity contribution in [3.8, 4) is 5.75 Å². The second kappa shape index (κ2) is 3.93. The lowest BCUT2D eigenvalue weighted by Gasteiger charge is -2.14. The van der Waals surface area contributed by atoms with Crippen LogP contribution in [0, 0.1) is 0 Å². The molecule has 1 aromatic rings. The van der Waals surface area contributed by atoms with Crippen molar-refractivity contribution in [3.63, 3.8) is 0 Å². The first kappa shape index (κ1) is 10.3. The fraction of sp³-hybridized carbons (Fsp3) is 0.333. The number of nitrogens with zero attached hydrogens (tertiary/aromatic N) is 2. The zero-order valence-corrected chi connectivity index (χ0v) is 7.83. The number of halogens is 3. The first-order chi connectivity index (χ1) is 6.03. The van der Waals surface area contributed by atoms with Gasteiger partial charge in [0.1, 0.15) is 6.61 Å². The molecule has 72 valence electrons. The van der Waals surface area contributed by atoms with Crippen molar-refractivity contribution >= 4 is 15.9 Å². The van der Waals surface area contributed by atoms with E-state index in [1.54, 1.807) is 0 Å². The molecule has 0 fully saturated rings. The third-order valence-electron chi connectivity index (χ3n) is 1.05. The lowest BCUT2D eigenvalue weighted by Crippen LogP contribution is -2.29. The maximum atomic E-state index is 12.4. The highest BCUT2D eigenvalue weighted by Gasteiger charge is 2.30. The molecule has 0 bridgehead atoms. The van der Waals surface area contributed by atoms with Gasteiger partial charge in [0.05, 0.1) is 12.4 Å². The van der Waals surface area contributed by atoms with Crippen LogP contribution in [0.15, 0.2) is 17.1 Å². The summed E-state index contributed by atoms with van der Waals surface area (Å²) in [5, 5.41) is 8.18. The van der Waals surface area contributed by atoms with Crippen molar-refractivity contribution in [1.29, 1.82) is 0 Å². The Morgan fingerprint density at radius 2 is 2.00 bits per heavy atom. The zero-order valence-electron chi connectivity index (χ0n) is 6.25. The van der Waals surface area contributed by atoms with Gasteiger partial charge in [0.25, 0.3) is 0 Å². The van der Waals surface area contributed by atoms with Gasteiger partial charge in [-0.05, 0) is 15.9 Å². The molecule has 0 aliphatic heterocycles. The maximum absolute atomic E-state index is 12.4. The number of hydrogen-bond donors (Lipinski definition) is 1. The lowest BCUT2D eigenvalue weighted by atomic mass is 10.6. The summed E-state index contributed by atoms with van der Waals surface area (Å²) in [4.78, 5) is 7.13. The van der Waals surface area contributed by atoms with E-state index in [0.29, 0.717) is 0 Å². The van der Waals surface area contributed by atoms with Crippen LogP contribution in [-0.4, -0.2) is 27.8 Å². The van der Waals surface area contributed by atoms with Crippen molar-refractivity contribution < 1.29 is 18.6 Å². The molecule has 7 heteroatoms. The van der Waals surface area contributed by atoms with Gasteiger partial charge >= 0.3 is 6.11 Å². The quantitative estimate of drug-likeness (QED) is 0.824. The number of hydrogen-bond acceptors (Lipinski definition) is 4. The van der Waals surface area contributed by atoms with Crippen LogP contribution in [0.25, 0.3) is 0 Å². The maximum Gasteiger partial charge on any atom is 0.421 e. The van der Waals surface area contributed by atoms with E-state index in [2.05, 4.69) is 30.6 Å². The Kier molecular flexibility index (Phi) is 3.10. The topological polar surface area (TPSA) is 55.2 Å². The van der Waals surface area contributed by atoms with Gasteiger partial charge in [-0.15, -0.1) is 0 Å². The molecule has 0 radical (unpaired) electrons. The third kappa shape index (κ3) is 3.19. The molecule has 0 atom stereocenters. The van der Waals surface area contributed by atoms with Gasteiger partial charge in [0.2, 0.25) is 0 Å². The highest BCUT2D eigenvalue weighted by atomic mass is 79.9. The summed E-state index contributed by atoms with van der Waals surface area (Å²) in [7, 11) is 0. The number of aliphatic hydroxyl groups excluding tert-OH is 1. The van der Waals surface area contributed by atoms with Crippen molar-refractivity contribution in [3.05, 3.63) is 17.1 Å². The van der Waals surface area contributed by atoms with Crippen LogP contribution < -0.4 is 4.74 Å². The molecule has 0 aliphatic rings. The standard InChI is InChI=1S/C6H5BrF2N2O2/c7-5-10-1-4(2-11-5)13-6(8,9)3-12/h1-2,12H,3H2. The average molecular weight is 255 g/mol. The minimum absolute atomic E-state index is 0.206. The molecule has 1 rings (SSSR count). The van der Waals surface area contributed by atoms with E-state index in [1.807, 2.05) is 0 Å². The summed E-state index contributed by atoms with van der Waals surface area (Å²) >= 11 is 2.93. The van der Waals surface area contributed by atoms with E-state index in [0.717, 1.165) is 12.4 Å². The Labute approximate surface area is 80.7 Å². The van der Waals surface area contributed by atoms with Gasteiger partial charge in [-0.1, -0.05) is 0 Å². The van der Waals surface area contributed by atoms with Crippen LogP contribution in [-0.2, 0) is 0 Å². The van der Waals surface area contributed by atoms with E-state index in [9.17, 15) is 8.78 Å². The van der Waals surface area contributed by atoms with Gasteiger partial charge in [-0.3, -0.25) is 0 Å². The molecule has 1 aromatic heterocycles. The van der Waals surface area contributed by atoms with Gasteiger partial charge in [0.15, 0.2) is 10.5 Å². The van der Waals surface area contributed by atoms with Gasteiger partial charge in [0, 0.05) is 0 Å². The smallest absolute Gasteiger partial charge is 0.421 e. The first-order valence-corrected chi connectivity index (χ1v) is 3.98. The first-order valence-electron chi connectivity index (χ1n) is 3.19. The number of aromatic nitrogens is 2. The molecule has 1 heterocycles. The molecule has 13 heavy (non-hydrogen) atoms. The largest absolute Gasteiger partial charge is 0.428 e. The zero-order chi connectivity index (χ0) is 9.90. The lowest BCUT2D eigenvalue weighted by molar-refractivity contribution is -0.201. The summed E-state index contributed by atoms with van der Waals surface area (Å²) in [6, 6.07) is 0. The summed E-state index contributed by atoms with van der Waals surface area (Å²) in [6.07, 6.45) is -1.46. The molecule has 0 unspecified atom stereocenters. The Bertz CT molecular complexity index is 280. The van der Waals surface area contributed by atoms with Crippen LogP contribution >= 0.6 is 15.9 Å². The normalized spacial score (nSPS) is 11.4. The van der Waals surface area contributed by atoms with E-state index in [-0.39, 0.29) is 10.5 Å². The van der Waals surface area contributed by atoms with Crippen molar-refractivity contribution in [1.82, 2.24) is 9.97 Å². The molecule has 0 aliphatic carbocycles. The van der Waals surface area contributed by atoms with E-state index >= 15 is 0 Å². The average Bonchev–Trinajstić information content (AvgIpc) is 2.09. The fourth-order valence-electron chi connectivity index (χ4n) is 0.558. The van der Waals surface area contributed by atoms with E-state index in [4.69, 9.17) is 5.11 Å². The Morgan fingerprint density at radius 1 is 1.46 bits per heavy atom. The number of ether oxygens (including phenoxy) is 1. The summed E-state index contributed by atoms with van der Waals surface area (Å²) in [5.41, 5.74) is 0.